The van der Waals surface area contributed by atoms with E-state index in [-0.39, 0.29) is 41.4 Å². The fourth-order valence-corrected chi connectivity index (χ4v) is 15.7. The Morgan fingerprint density at radius 3 is 1.25 bits per heavy atom. The average molecular weight is 1950 g/mol. The van der Waals surface area contributed by atoms with Gasteiger partial charge < -0.3 is 72.6 Å². The summed E-state index contributed by atoms with van der Waals surface area (Å²) in [5.74, 6) is 4.18. The van der Waals surface area contributed by atoms with Gasteiger partial charge in [0, 0.05) is 146 Å². The molecular weight excluding hydrogens is 1810 g/mol. The first kappa shape index (κ1) is 113. The SMILES string of the molecule is C.C.C.C=CC(=O)Cl.C=CC(=O)Nc1cccc(CNc2cc(N3CCCC[C@H]3CCO)nc3c(CC)cnn23)c1.CC(C)(C)OC(=O)Nc1cccc(CN)c1.CCc1cnn2c(Cl)cc(Cl)nc12.CCc1cnn2c(NCc3cccc(N)c3)cc(N3CCCC[C@H]3CCO)nc12.CCc1cnn2c(NCc3cccc(NC(=O)OC(C)(C)C)c3)cc(Cl)nc12.OCC[C@@H]1CCCCN1. The van der Waals surface area contributed by atoms with Crippen molar-refractivity contribution in [3.8, 4) is 0 Å². The number of hydrogen-bond donors (Lipinski definition) is 12. The summed E-state index contributed by atoms with van der Waals surface area (Å²) in [6.45, 7) is 31.8. The van der Waals surface area contributed by atoms with Gasteiger partial charge in [-0.25, -0.2) is 34.0 Å². The van der Waals surface area contributed by atoms with Crippen molar-refractivity contribution in [2.75, 3.05) is 86.9 Å². The second-order valence-electron chi connectivity index (χ2n) is 33.8. The highest BCUT2D eigenvalue weighted by molar-refractivity contribution is 6.66. The number of aromatic nitrogens is 12. The summed E-state index contributed by atoms with van der Waals surface area (Å²) in [7, 11) is 0. The van der Waals surface area contributed by atoms with E-state index in [1.807, 2.05) is 155 Å². The molecule has 3 amide bonds. The number of carbonyl (C=O) groups excluding carboxylic acids is 4. The van der Waals surface area contributed by atoms with Crippen LogP contribution in [-0.4, -0.2) is 166 Å². The Bertz CT molecular complexity index is 5760. The van der Waals surface area contributed by atoms with E-state index in [1.165, 1.54) is 38.2 Å². The third kappa shape index (κ3) is 35.1. The number of nitrogens with zero attached hydrogens (tertiary/aromatic N) is 14. The van der Waals surface area contributed by atoms with Gasteiger partial charge in [0.15, 0.2) is 22.6 Å². The van der Waals surface area contributed by atoms with Crippen LogP contribution in [0, 0.1) is 0 Å². The number of anilines is 9. The molecule has 14 N–H and O–H groups in total. The Balaban J connectivity index is 0.000000257. The van der Waals surface area contributed by atoms with Crippen molar-refractivity contribution in [1.29, 1.82) is 0 Å². The summed E-state index contributed by atoms with van der Waals surface area (Å²) < 4.78 is 17.5. The van der Waals surface area contributed by atoms with Crippen LogP contribution in [0.5, 0.6) is 0 Å². The molecule has 0 saturated carbocycles. The number of nitrogen functional groups attached to an aromatic ring is 1. The fraction of sp³-hybridized carbons (Fsp3) is 0.440. The van der Waals surface area contributed by atoms with Crippen LogP contribution in [0.2, 0.25) is 15.5 Å². The largest absolute Gasteiger partial charge is 0.444 e. The second kappa shape index (κ2) is 56.7. The first-order valence-electron chi connectivity index (χ1n) is 45.2. The Labute approximate surface area is 820 Å². The zero-order valence-electron chi connectivity index (χ0n) is 77.8. The van der Waals surface area contributed by atoms with Crippen molar-refractivity contribution >= 4 is 144 Å². The summed E-state index contributed by atoms with van der Waals surface area (Å²) in [6.07, 6.45) is 25.3. The smallest absolute Gasteiger partial charge is 0.412 e. The lowest BCUT2D eigenvalue weighted by Crippen LogP contribution is -2.40. The Morgan fingerprint density at radius 1 is 0.485 bits per heavy atom. The number of aliphatic hydroxyl groups is 3. The molecule has 3 fully saturated rings. The molecular formula is C100H141Cl4N23O9. The summed E-state index contributed by atoms with van der Waals surface area (Å²) in [5.41, 5.74) is 24.9. The van der Waals surface area contributed by atoms with E-state index < -0.39 is 28.6 Å². The molecule has 0 radical (unpaired) electrons. The maximum absolute atomic E-state index is 12.0. The lowest BCUT2D eigenvalue weighted by Gasteiger charge is -2.36. The highest BCUT2D eigenvalue weighted by Crippen LogP contribution is 2.33. The van der Waals surface area contributed by atoms with Crippen molar-refractivity contribution in [3.05, 3.63) is 231 Å². The Morgan fingerprint density at radius 2 is 0.860 bits per heavy atom. The van der Waals surface area contributed by atoms with E-state index in [0.717, 1.165) is 204 Å². The zero-order valence-corrected chi connectivity index (χ0v) is 80.8. The van der Waals surface area contributed by atoms with Gasteiger partial charge in [-0.1, -0.05) is 153 Å². The van der Waals surface area contributed by atoms with Gasteiger partial charge in [0.2, 0.25) is 11.1 Å². The summed E-state index contributed by atoms with van der Waals surface area (Å²) in [6, 6.07) is 39.2. The van der Waals surface area contributed by atoms with Crippen molar-refractivity contribution in [2.45, 2.75) is 250 Å². The number of nitrogens with two attached hydrogens (primary N) is 2. The van der Waals surface area contributed by atoms with E-state index in [1.54, 1.807) is 39.6 Å². The summed E-state index contributed by atoms with van der Waals surface area (Å²) in [4.78, 5) is 67.7. The van der Waals surface area contributed by atoms with Crippen LogP contribution in [0.1, 0.15) is 213 Å². The van der Waals surface area contributed by atoms with E-state index in [4.69, 9.17) is 82.4 Å². The maximum Gasteiger partial charge on any atom is 0.412 e. The van der Waals surface area contributed by atoms with Gasteiger partial charge in [-0.2, -0.15) is 33.9 Å². The molecule has 15 rings (SSSR count). The predicted molar refractivity (Wildman–Crippen MR) is 555 cm³/mol. The van der Waals surface area contributed by atoms with Gasteiger partial charge in [0.05, 0.1) is 24.8 Å². The number of hydrogen-bond acceptors (Lipinski definition) is 25. The molecule has 4 aromatic carbocycles. The number of nitrogens with one attached hydrogen (secondary N) is 7. The molecule has 0 unspecified atom stereocenters. The minimum Gasteiger partial charge on any atom is -0.444 e. The van der Waals surface area contributed by atoms with Crippen molar-refractivity contribution in [1.82, 2.24) is 63.7 Å². The topological polar surface area (TPSA) is 411 Å². The van der Waals surface area contributed by atoms with E-state index >= 15 is 0 Å². The van der Waals surface area contributed by atoms with E-state index in [0.29, 0.717) is 77.7 Å². The van der Waals surface area contributed by atoms with Crippen molar-refractivity contribution < 1.29 is 44.0 Å². The minimum absolute atomic E-state index is 0. The molecule has 8 aromatic heterocycles. The van der Waals surface area contributed by atoms with Crippen molar-refractivity contribution in [2.24, 2.45) is 5.73 Å². The Hall–Kier alpha value is -11.7. The molecule has 32 nitrogen and oxygen atoms in total. The molecule has 3 atom stereocenters. The van der Waals surface area contributed by atoms with Crippen LogP contribution in [0.3, 0.4) is 0 Å². The number of fused-ring (bicyclic) bond motifs is 4. The lowest BCUT2D eigenvalue weighted by molar-refractivity contribution is -0.112. The van der Waals surface area contributed by atoms with Gasteiger partial charge in [-0.05, 0) is 239 Å². The van der Waals surface area contributed by atoms with Crippen LogP contribution in [-0.2, 0) is 70.9 Å². The van der Waals surface area contributed by atoms with Crippen LogP contribution in [0.4, 0.5) is 61.4 Å². The van der Waals surface area contributed by atoms with Crippen molar-refractivity contribution in [3.63, 3.8) is 0 Å². The summed E-state index contributed by atoms with van der Waals surface area (Å²) in [5, 5.41) is 68.0. The number of ether oxygens (including phenoxy) is 2. The minimum atomic E-state index is -0.545. The van der Waals surface area contributed by atoms with Crippen LogP contribution in [0.15, 0.2) is 171 Å². The molecule has 0 bridgehead atoms. The number of halogens is 4. The molecule has 136 heavy (non-hydrogen) atoms. The van der Waals surface area contributed by atoms with Gasteiger partial charge in [-0.3, -0.25) is 20.2 Å². The quantitative estimate of drug-likeness (QED) is 0.00984. The Kier molecular flexibility index (Phi) is 47.1. The summed E-state index contributed by atoms with van der Waals surface area (Å²) >= 11 is 22.6. The number of benzene rings is 4. The molecule has 36 heteroatoms. The molecule has 12 aromatic rings. The molecule has 3 aliphatic rings. The van der Waals surface area contributed by atoms with E-state index in [9.17, 15) is 29.4 Å². The average Bonchev–Trinajstić information content (AvgIpc) is 1.60. The van der Waals surface area contributed by atoms with Gasteiger partial charge in [-0.15, -0.1) is 0 Å². The standard InChI is InChI=1S/C25H32N6O2.C22H30N6O.C20H24ClN5O2.C12H18N2O2.C8H7Cl2N3.C7H15NO.C3H3ClO.3CH4/c1-3-19-17-27-31-22(26-16-18-8-7-9-20(14-18)28-24(33)4-2)15-23(29-25(19)31)30-12-6-5-10-21(30)11-13-32;1-2-17-15-25-28-20(24-14-16-6-5-7-18(23)12-16)13-21(26-22(17)28)27-10-4-3-8-19(27)9-11-29;1-5-14-12-23-26-17(10-16(21)25-18(14)26)22-11-13-7-6-8-15(9-13)24-19(27)28-20(2,3)4;1-12(2,3)16-11(15)14-10-6-4-5-9(7-10)8-13;1-2-5-4-11-13-7(10)3-6(9)12-8(5)13;9-6-4-7-3-1-2-5-8-7;1-2-3(4)5;;;/h4,7-9,14-15,17,21,26,32H,2-3,5-6,10-13,16H2,1H3,(H,28,33);5-7,12-13,15,19,24,29H,2-4,8-11,14,23H2,1H3;6-10,12,22H,5,11H2,1-4H3,(H,24,27);4-7H,8,13H2,1-3H3,(H,14,15);3-4H,2H2,1H3;7-9H,1-6H2;2H,1H2;3*1H4/t21-;19-;;;;7-;;;;/m00...0..../s1. The molecule has 3 saturated heterocycles. The van der Waals surface area contributed by atoms with Crippen LogP contribution in [0.25, 0.3) is 22.6 Å². The van der Waals surface area contributed by atoms with Gasteiger partial charge in [0.1, 0.15) is 55.8 Å². The molecule has 0 aliphatic carbocycles. The van der Waals surface area contributed by atoms with Crippen LogP contribution < -0.4 is 58.5 Å². The molecule has 738 valence electrons. The lowest BCUT2D eigenvalue weighted by atomic mass is 9.99. The van der Waals surface area contributed by atoms with Crippen LogP contribution >= 0.6 is 46.4 Å². The third-order valence-corrected chi connectivity index (χ3v) is 22.3. The highest BCUT2D eigenvalue weighted by atomic mass is 35.5. The molecule has 0 spiro atoms. The number of aliphatic hydroxyl groups excluding tert-OH is 3. The monoisotopic (exact) mass is 1950 g/mol. The molecule has 3 aliphatic heterocycles. The number of piperidine rings is 3. The number of aryl methyl sites for hydroxylation is 4. The fourth-order valence-electron chi connectivity index (χ4n) is 15.0. The van der Waals surface area contributed by atoms with E-state index in [2.05, 4.69) is 130 Å². The first-order chi connectivity index (χ1) is 63.9. The number of carbonyl (C=O) groups is 4. The predicted octanol–water partition coefficient (Wildman–Crippen LogP) is 20.3. The number of allylic oxidation sites excluding steroid dienone is 1. The molecule has 11 heterocycles. The highest BCUT2D eigenvalue weighted by Gasteiger charge is 2.28. The normalized spacial score (nSPS) is 14.4. The third-order valence-electron chi connectivity index (χ3n) is 21.5. The first-order valence-corrected chi connectivity index (χ1v) is 46.8. The maximum atomic E-state index is 12.0. The van der Waals surface area contributed by atoms with Gasteiger partial charge in [0.25, 0.3) is 0 Å². The second-order valence-corrected chi connectivity index (χ2v) is 35.4. The van der Waals surface area contributed by atoms with Gasteiger partial charge >= 0.3 is 12.2 Å². The number of amides is 3. The number of rotatable bonds is 27. The zero-order chi connectivity index (χ0) is 96.2.